The first-order chi connectivity index (χ1) is 10.3. The van der Waals surface area contributed by atoms with Gasteiger partial charge in [0.2, 0.25) is 5.91 Å². The Kier molecular flexibility index (Phi) is 3.43. The van der Waals surface area contributed by atoms with Crippen LogP contribution in [0.1, 0.15) is 0 Å². The van der Waals surface area contributed by atoms with E-state index in [0.29, 0.717) is 0 Å². The number of amides is 1. The van der Waals surface area contributed by atoms with E-state index in [1.165, 1.54) is 12.4 Å². The molecule has 0 spiro atoms. The largest absolute Gasteiger partial charge is 0.323 e. The molecular weight excluding hydrogens is 262 g/mol. The van der Waals surface area contributed by atoms with Gasteiger partial charge < -0.3 is 5.32 Å². The maximum absolute atomic E-state index is 11.4. The van der Waals surface area contributed by atoms with Crippen LogP contribution >= 0.6 is 0 Å². The number of carbonyl (C=O) groups excluding carboxylic acids is 1. The van der Waals surface area contributed by atoms with Crippen LogP contribution in [0.4, 0.5) is 5.69 Å². The fourth-order valence-corrected chi connectivity index (χ4v) is 2.12. The van der Waals surface area contributed by atoms with Crippen molar-refractivity contribution in [2.45, 2.75) is 0 Å². The molecule has 21 heavy (non-hydrogen) atoms. The van der Waals surface area contributed by atoms with Crippen molar-refractivity contribution in [1.82, 2.24) is 9.97 Å². The molecule has 1 heterocycles. The molecule has 0 aliphatic heterocycles. The van der Waals surface area contributed by atoms with Crippen LogP contribution in [0.5, 0.6) is 0 Å². The average molecular weight is 275 g/mol. The Labute approximate surface area is 122 Å². The van der Waals surface area contributed by atoms with Gasteiger partial charge in [-0.15, -0.1) is 0 Å². The van der Waals surface area contributed by atoms with Gasteiger partial charge in [0, 0.05) is 17.3 Å². The van der Waals surface area contributed by atoms with E-state index in [2.05, 4.69) is 21.9 Å². The minimum absolute atomic E-state index is 0.224. The van der Waals surface area contributed by atoms with Crippen LogP contribution in [0.25, 0.3) is 22.0 Å². The van der Waals surface area contributed by atoms with Crippen LogP contribution in [-0.2, 0) is 4.79 Å². The number of hydrogen-bond acceptors (Lipinski definition) is 3. The van der Waals surface area contributed by atoms with E-state index in [0.717, 1.165) is 27.7 Å². The van der Waals surface area contributed by atoms with Crippen LogP contribution < -0.4 is 5.32 Å². The summed E-state index contributed by atoms with van der Waals surface area (Å²) in [6, 6.07) is 13.7. The van der Waals surface area contributed by atoms with Gasteiger partial charge >= 0.3 is 0 Å². The molecule has 3 rings (SSSR count). The van der Waals surface area contributed by atoms with Gasteiger partial charge in [0.15, 0.2) is 0 Å². The molecule has 0 aliphatic carbocycles. The topological polar surface area (TPSA) is 54.9 Å². The summed E-state index contributed by atoms with van der Waals surface area (Å²) in [4.78, 5) is 19.6. The zero-order chi connectivity index (χ0) is 14.7. The lowest BCUT2D eigenvalue weighted by atomic mass is 10.0. The number of nitrogens with zero attached hydrogens (tertiary/aromatic N) is 2. The Balaban J connectivity index is 1.99. The van der Waals surface area contributed by atoms with Crippen molar-refractivity contribution < 1.29 is 4.79 Å². The third-order valence-electron chi connectivity index (χ3n) is 3.16. The Bertz CT molecular complexity index is 827. The molecule has 0 atom stereocenters. The van der Waals surface area contributed by atoms with Gasteiger partial charge in [0.25, 0.3) is 0 Å². The van der Waals surface area contributed by atoms with Crippen LogP contribution in [0.15, 0.2) is 67.6 Å². The predicted molar refractivity (Wildman–Crippen MR) is 83.8 cm³/mol. The predicted octanol–water partition coefficient (Wildman–Crippen LogP) is 3.42. The molecule has 2 aromatic carbocycles. The number of nitrogens with one attached hydrogen (secondary N) is 1. The Morgan fingerprint density at radius 1 is 1.14 bits per heavy atom. The molecular formula is C17H13N3O. The number of benzene rings is 2. The summed E-state index contributed by atoms with van der Waals surface area (Å²) in [5.41, 5.74) is 3.68. The van der Waals surface area contributed by atoms with E-state index >= 15 is 0 Å². The summed E-state index contributed by atoms with van der Waals surface area (Å²) in [6.07, 6.45) is 4.57. The number of hydrogen-bond donors (Lipinski definition) is 1. The van der Waals surface area contributed by atoms with Gasteiger partial charge in [-0.25, -0.2) is 9.97 Å². The van der Waals surface area contributed by atoms with Gasteiger partial charge in [0.05, 0.1) is 5.52 Å². The molecule has 1 N–H and O–H groups in total. The standard InChI is InChI=1S/C17H13N3O/c1-2-17(21)20-15-5-3-4-12(8-15)13-6-7-14-10-18-11-19-16(14)9-13/h2-11H,1H2,(H,20,21). The van der Waals surface area contributed by atoms with Crippen LogP contribution in [0, 0.1) is 0 Å². The van der Waals surface area contributed by atoms with E-state index in [-0.39, 0.29) is 5.91 Å². The lowest BCUT2D eigenvalue weighted by Crippen LogP contribution is -2.06. The molecule has 0 saturated carbocycles. The lowest BCUT2D eigenvalue weighted by Gasteiger charge is -2.07. The SMILES string of the molecule is C=CC(=O)Nc1cccc(-c2ccc3cncnc3c2)c1. The zero-order valence-corrected chi connectivity index (χ0v) is 11.3. The highest BCUT2D eigenvalue weighted by atomic mass is 16.1. The molecule has 0 radical (unpaired) electrons. The smallest absolute Gasteiger partial charge is 0.247 e. The van der Waals surface area contributed by atoms with E-state index in [1.54, 1.807) is 6.20 Å². The summed E-state index contributed by atoms with van der Waals surface area (Å²) in [7, 11) is 0. The van der Waals surface area contributed by atoms with Gasteiger partial charge in [-0.05, 0) is 35.4 Å². The fourth-order valence-electron chi connectivity index (χ4n) is 2.12. The minimum Gasteiger partial charge on any atom is -0.323 e. The van der Waals surface area contributed by atoms with Crippen LogP contribution in [-0.4, -0.2) is 15.9 Å². The quantitative estimate of drug-likeness (QED) is 0.745. The second kappa shape index (κ2) is 5.54. The van der Waals surface area contributed by atoms with Crippen molar-refractivity contribution in [3.05, 3.63) is 67.6 Å². The monoisotopic (exact) mass is 275 g/mol. The molecule has 0 fully saturated rings. The highest BCUT2D eigenvalue weighted by Crippen LogP contribution is 2.25. The van der Waals surface area contributed by atoms with Crippen molar-refractivity contribution in [2.24, 2.45) is 0 Å². The van der Waals surface area contributed by atoms with Gasteiger partial charge in [-0.3, -0.25) is 4.79 Å². The number of anilines is 1. The molecule has 1 amide bonds. The van der Waals surface area contributed by atoms with E-state index in [9.17, 15) is 4.79 Å². The van der Waals surface area contributed by atoms with Crippen LogP contribution in [0.2, 0.25) is 0 Å². The van der Waals surface area contributed by atoms with E-state index in [1.807, 2.05) is 42.5 Å². The number of aromatic nitrogens is 2. The van der Waals surface area contributed by atoms with Crippen molar-refractivity contribution >= 4 is 22.5 Å². The van der Waals surface area contributed by atoms with E-state index < -0.39 is 0 Å². The molecule has 0 saturated heterocycles. The molecule has 3 aromatic rings. The summed E-state index contributed by atoms with van der Waals surface area (Å²) in [6.45, 7) is 3.45. The molecule has 4 heteroatoms. The molecule has 0 aliphatic rings. The summed E-state index contributed by atoms with van der Waals surface area (Å²) in [5, 5.41) is 3.75. The third-order valence-corrected chi connectivity index (χ3v) is 3.16. The maximum atomic E-state index is 11.4. The Hall–Kier alpha value is -3.01. The normalized spacial score (nSPS) is 10.3. The molecule has 1 aromatic heterocycles. The molecule has 102 valence electrons. The van der Waals surface area contributed by atoms with E-state index in [4.69, 9.17) is 0 Å². The Morgan fingerprint density at radius 2 is 2.00 bits per heavy atom. The van der Waals surface area contributed by atoms with Crippen molar-refractivity contribution in [1.29, 1.82) is 0 Å². The highest BCUT2D eigenvalue weighted by Gasteiger charge is 2.03. The van der Waals surface area contributed by atoms with Crippen molar-refractivity contribution in [3.63, 3.8) is 0 Å². The van der Waals surface area contributed by atoms with Gasteiger partial charge in [-0.1, -0.05) is 30.8 Å². The molecule has 4 nitrogen and oxygen atoms in total. The lowest BCUT2D eigenvalue weighted by molar-refractivity contribution is -0.111. The first-order valence-electron chi connectivity index (χ1n) is 6.50. The van der Waals surface area contributed by atoms with Gasteiger partial charge in [-0.2, -0.15) is 0 Å². The summed E-state index contributed by atoms with van der Waals surface area (Å²) < 4.78 is 0. The second-order valence-corrected chi connectivity index (χ2v) is 4.57. The second-order valence-electron chi connectivity index (χ2n) is 4.57. The Morgan fingerprint density at radius 3 is 2.86 bits per heavy atom. The number of carbonyl (C=O) groups is 1. The molecule has 0 unspecified atom stereocenters. The zero-order valence-electron chi connectivity index (χ0n) is 11.3. The minimum atomic E-state index is -0.224. The van der Waals surface area contributed by atoms with Crippen molar-refractivity contribution in [3.8, 4) is 11.1 Å². The summed E-state index contributed by atoms with van der Waals surface area (Å²) >= 11 is 0. The highest BCUT2D eigenvalue weighted by molar-refractivity contribution is 5.99. The first-order valence-corrected chi connectivity index (χ1v) is 6.50. The number of fused-ring (bicyclic) bond motifs is 1. The first kappa shape index (κ1) is 13.0. The third kappa shape index (κ3) is 2.79. The number of rotatable bonds is 3. The summed E-state index contributed by atoms with van der Waals surface area (Å²) in [5.74, 6) is -0.224. The van der Waals surface area contributed by atoms with Gasteiger partial charge in [0.1, 0.15) is 6.33 Å². The molecule has 0 bridgehead atoms. The fraction of sp³-hybridized carbons (Fsp3) is 0. The van der Waals surface area contributed by atoms with Crippen molar-refractivity contribution in [2.75, 3.05) is 5.32 Å². The maximum Gasteiger partial charge on any atom is 0.247 e. The average Bonchev–Trinajstić information content (AvgIpc) is 2.54. The van der Waals surface area contributed by atoms with Crippen LogP contribution in [0.3, 0.4) is 0 Å².